The number of aryl methyl sites for hydroxylation is 1. The molecule has 0 aliphatic heterocycles. The molecule has 0 bridgehead atoms. The Morgan fingerprint density at radius 2 is 1.72 bits per heavy atom. The van der Waals surface area contributed by atoms with Crippen molar-refractivity contribution < 1.29 is 4.79 Å². The lowest BCUT2D eigenvalue weighted by Gasteiger charge is -2.12. The number of hydrogen-bond donors (Lipinski definition) is 1. The van der Waals surface area contributed by atoms with Crippen molar-refractivity contribution in [1.29, 1.82) is 0 Å². The Morgan fingerprint density at radius 1 is 1.06 bits per heavy atom. The molecule has 0 spiro atoms. The summed E-state index contributed by atoms with van der Waals surface area (Å²) >= 11 is 0. The molecule has 1 amide bonds. The highest BCUT2D eigenvalue weighted by Crippen LogP contribution is 2.29. The van der Waals surface area contributed by atoms with Crippen molar-refractivity contribution in [2.75, 3.05) is 5.32 Å². The Labute approximate surface area is 108 Å². The highest BCUT2D eigenvalue weighted by molar-refractivity contribution is 5.90. The molecule has 0 atom stereocenters. The fourth-order valence-electron chi connectivity index (χ4n) is 2.05. The van der Waals surface area contributed by atoms with Gasteiger partial charge in [0.2, 0.25) is 5.91 Å². The van der Waals surface area contributed by atoms with Gasteiger partial charge in [0, 0.05) is 12.6 Å². The first kappa shape index (κ1) is 12.4. The Hall–Kier alpha value is -2.09. The van der Waals surface area contributed by atoms with Gasteiger partial charge in [-0.25, -0.2) is 0 Å². The number of benzene rings is 2. The number of amides is 1. The number of carbonyl (C=O) groups excluding carboxylic acids is 1. The van der Waals surface area contributed by atoms with E-state index in [0.717, 1.165) is 5.69 Å². The van der Waals surface area contributed by atoms with Gasteiger partial charge in [0.1, 0.15) is 0 Å². The van der Waals surface area contributed by atoms with Crippen LogP contribution in [-0.2, 0) is 4.79 Å². The molecular formula is C16H17NO. The van der Waals surface area contributed by atoms with Gasteiger partial charge in [-0.2, -0.15) is 0 Å². The first-order valence-corrected chi connectivity index (χ1v) is 6.02. The molecule has 0 heterocycles. The SMILES string of the molecule is CC(=O)Nc1cc(C)c(C)c(-c2ccccc2)c1. The molecule has 0 saturated heterocycles. The van der Waals surface area contributed by atoms with E-state index < -0.39 is 0 Å². The summed E-state index contributed by atoms with van der Waals surface area (Å²) in [6.07, 6.45) is 0. The zero-order valence-electron chi connectivity index (χ0n) is 10.9. The lowest BCUT2D eigenvalue weighted by Crippen LogP contribution is -2.06. The van der Waals surface area contributed by atoms with Crippen LogP contribution in [0, 0.1) is 13.8 Å². The second kappa shape index (κ2) is 5.05. The smallest absolute Gasteiger partial charge is 0.221 e. The second-order valence-corrected chi connectivity index (χ2v) is 4.51. The van der Waals surface area contributed by atoms with Crippen LogP contribution in [0.3, 0.4) is 0 Å². The van der Waals surface area contributed by atoms with Crippen LogP contribution < -0.4 is 5.32 Å². The topological polar surface area (TPSA) is 29.1 Å². The molecule has 2 rings (SSSR count). The standard InChI is InChI=1S/C16H17NO/c1-11-9-15(17-13(3)18)10-16(12(11)2)14-7-5-4-6-8-14/h4-10H,1-3H3,(H,17,18). The predicted octanol–water partition coefficient (Wildman–Crippen LogP) is 3.93. The van der Waals surface area contributed by atoms with E-state index in [1.807, 2.05) is 30.3 Å². The Morgan fingerprint density at radius 3 is 2.33 bits per heavy atom. The van der Waals surface area contributed by atoms with Gasteiger partial charge in [0.05, 0.1) is 0 Å². The van der Waals surface area contributed by atoms with E-state index >= 15 is 0 Å². The molecule has 2 aromatic carbocycles. The summed E-state index contributed by atoms with van der Waals surface area (Å²) in [6.45, 7) is 5.69. The summed E-state index contributed by atoms with van der Waals surface area (Å²) in [5.41, 5.74) is 5.62. The molecular weight excluding hydrogens is 222 g/mol. The molecule has 0 radical (unpaired) electrons. The summed E-state index contributed by atoms with van der Waals surface area (Å²) in [5, 5.41) is 2.84. The first-order chi connectivity index (χ1) is 8.58. The molecule has 2 heteroatoms. The Balaban J connectivity index is 2.53. The van der Waals surface area contributed by atoms with Crippen molar-refractivity contribution in [3.05, 3.63) is 53.6 Å². The lowest BCUT2D eigenvalue weighted by atomic mass is 9.96. The van der Waals surface area contributed by atoms with E-state index in [-0.39, 0.29) is 5.91 Å². The molecule has 0 unspecified atom stereocenters. The normalized spacial score (nSPS) is 10.2. The molecule has 92 valence electrons. The Bertz CT molecular complexity index is 573. The largest absolute Gasteiger partial charge is 0.326 e. The summed E-state index contributed by atoms with van der Waals surface area (Å²) in [4.78, 5) is 11.1. The quantitative estimate of drug-likeness (QED) is 0.845. The minimum atomic E-state index is -0.0442. The molecule has 18 heavy (non-hydrogen) atoms. The molecule has 1 N–H and O–H groups in total. The summed E-state index contributed by atoms with van der Waals surface area (Å²) in [7, 11) is 0. The van der Waals surface area contributed by atoms with Crippen molar-refractivity contribution in [1.82, 2.24) is 0 Å². The maximum absolute atomic E-state index is 11.1. The fourth-order valence-corrected chi connectivity index (χ4v) is 2.05. The third kappa shape index (κ3) is 2.59. The zero-order valence-corrected chi connectivity index (χ0v) is 10.9. The van der Waals surface area contributed by atoms with Gasteiger partial charge in [-0.3, -0.25) is 4.79 Å². The minimum absolute atomic E-state index is 0.0442. The summed E-state index contributed by atoms with van der Waals surface area (Å²) in [6, 6.07) is 14.2. The third-order valence-corrected chi connectivity index (χ3v) is 3.07. The maximum Gasteiger partial charge on any atom is 0.221 e. The number of hydrogen-bond acceptors (Lipinski definition) is 1. The van der Waals surface area contributed by atoms with Crippen LogP contribution in [0.4, 0.5) is 5.69 Å². The maximum atomic E-state index is 11.1. The molecule has 2 nitrogen and oxygen atoms in total. The highest BCUT2D eigenvalue weighted by atomic mass is 16.1. The molecule has 0 aromatic heterocycles. The van der Waals surface area contributed by atoms with Crippen LogP contribution in [0.5, 0.6) is 0 Å². The molecule has 0 aliphatic rings. The van der Waals surface area contributed by atoms with Gasteiger partial charge in [-0.05, 0) is 48.2 Å². The van der Waals surface area contributed by atoms with Gasteiger partial charge in [0.25, 0.3) is 0 Å². The van der Waals surface area contributed by atoms with Gasteiger partial charge in [-0.1, -0.05) is 30.3 Å². The van der Waals surface area contributed by atoms with E-state index in [9.17, 15) is 4.79 Å². The van der Waals surface area contributed by atoms with Crippen LogP contribution >= 0.6 is 0 Å². The average molecular weight is 239 g/mol. The first-order valence-electron chi connectivity index (χ1n) is 6.02. The third-order valence-electron chi connectivity index (χ3n) is 3.07. The van der Waals surface area contributed by atoms with Crippen molar-refractivity contribution >= 4 is 11.6 Å². The van der Waals surface area contributed by atoms with Crippen LogP contribution in [0.2, 0.25) is 0 Å². The van der Waals surface area contributed by atoms with Crippen LogP contribution in [-0.4, -0.2) is 5.91 Å². The highest BCUT2D eigenvalue weighted by Gasteiger charge is 2.07. The number of carbonyl (C=O) groups is 1. The average Bonchev–Trinajstić information content (AvgIpc) is 2.34. The molecule has 0 aliphatic carbocycles. The van der Waals surface area contributed by atoms with Gasteiger partial charge in [-0.15, -0.1) is 0 Å². The van der Waals surface area contributed by atoms with E-state index in [2.05, 4.69) is 31.3 Å². The lowest BCUT2D eigenvalue weighted by molar-refractivity contribution is -0.114. The minimum Gasteiger partial charge on any atom is -0.326 e. The van der Waals surface area contributed by atoms with Crippen LogP contribution in [0.25, 0.3) is 11.1 Å². The van der Waals surface area contributed by atoms with E-state index in [1.54, 1.807) is 0 Å². The predicted molar refractivity (Wildman–Crippen MR) is 75.7 cm³/mol. The molecule has 0 saturated carbocycles. The molecule has 0 fully saturated rings. The summed E-state index contributed by atoms with van der Waals surface area (Å²) < 4.78 is 0. The molecule has 2 aromatic rings. The van der Waals surface area contributed by atoms with Crippen LogP contribution in [0.15, 0.2) is 42.5 Å². The van der Waals surface area contributed by atoms with Gasteiger partial charge >= 0.3 is 0 Å². The van der Waals surface area contributed by atoms with Crippen molar-refractivity contribution in [2.24, 2.45) is 0 Å². The van der Waals surface area contributed by atoms with Gasteiger partial charge < -0.3 is 5.32 Å². The van der Waals surface area contributed by atoms with Crippen LogP contribution in [0.1, 0.15) is 18.1 Å². The number of nitrogens with one attached hydrogen (secondary N) is 1. The fraction of sp³-hybridized carbons (Fsp3) is 0.188. The van der Waals surface area contributed by atoms with Gasteiger partial charge in [0.15, 0.2) is 0 Å². The van der Waals surface area contributed by atoms with Crippen molar-refractivity contribution in [3.63, 3.8) is 0 Å². The zero-order chi connectivity index (χ0) is 13.1. The van der Waals surface area contributed by atoms with Crippen molar-refractivity contribution in [3.8, 4) is 11.1 Å². The van der Waals surface area contributed by atoms with E-state index in [4.69, 9.17) is 0 Å². The number of anilines is 1. The Kier molecular flexibility index (Phi) is 3.47. The monoisotopic (exact) mass is 239 g/mol. The van der Waals surface area contributed by atoms with E-state index in [0.29, 0.717) is 0 Å². The van der Waals surface area contributed by atoms with E-state index in [1.165, 1.54) is 29.2 Å². The number of rotatable bonds is 2. The second-order valence-electron chi connectivity index (χ2n) is 4.51. The summed E-state index contributed by atoms with van der Waals surface area (Å²) in [5.74, 6) is -0.0442. The van der Waals surface area contributed by atoms with Crippen molar-refractivity contribution in [2.45, 2.75) is 20.8 Å².